The predicted molar refractivity (Wildman–Crippen MR) is 82.8 cm³/mol. The van der Waals surface area contributed by atoms with Gasteiger partial charge in [-0.2, -0.15) is 0 Å². The molecule has 0 saturated carbocycles. The van der Waals surface area contributed by atoms with Gasteiger partial charge in [0, 0.05) is 6.54 Å². The number of nitrogens with two attached hydrogens (primary N) is 1. The van der Waals surface area contributed by atoms with Gasteiger partial charge in [-0.25, -0.2) is 16.8 Å². The van der Waals surface area contributed by atoms with Crippen LogP contribution in [0.15, 0.2) is 58.3 Å². The van der Waals surface area contributed by atoms with E-state index in [0.717, 1.165) is 0 Å². The highest BCUT2D eigenvalue weighted by Gasteiger charge is 2.44. The molecular weight excluding hydrogens is 322 g/mol. The predicted octanol–water partition coefficient (Wildman–Crippen LogP) is 1.45. The monoisotopic (exact) mass is 337 g/mol. The van der Waals surface area contributed by atoms with Gasteiger partial charge in [-0.05, 0) is 29.3 Å². The maximum absolute atomic E-state index is 12.8. The second-order valence-electron chi connectivity index (χ2n) is 5.16. The molecule has 7 heteroatoms. The van der Waals surface area contributed by atoms with Crippen LogP contribution in [-0.4, -0.2) is 22.6 Å². The van der Waals surface area contributed by atoms with Crippen molar-refractivity contribution in [1.82, 2.24) is 0 Å². The van der Waals surface area contributed by atoms with Gasteiger partial charge in [-0.3, -0.25) is 0 Å². The summed E-state index contributed by atoms with van der Waals surface area (Å²) >= 11 is 0. The van der Waals surface area contributed by atoms with E-state index in [0.29, 0.717) is 11.1 Å². The van der Waals surface area contributed by atoms with Crippen LogP contribution in [0.3, 0.4) is 0 Å². The minimum atomic E-state index is -3.79. The first-order valence-electron chi connectivity index (χ1n) is 6.71. The summed E-state index contributed by atoms with van der Waals surface area (Å²) in [6, 6.07) is 12.6. The van der Waals surface area contributed by atoms with Crippen LogP contribution >= 0.6 is 0 Å². The first-order valence-corrected chi connectivity index (χ1v) is 9.91. The van der Waals surface area contributed by atoms with Gasteiger partial charge in [0.15, 0.2) is 19.7 Å². The summed E-state index contributed by atoms with van der Waals surface area (Å²) < 4.78 is 50.3. The van der Waals surface area contributed by atoms with Crippen LogP contribution in [0.1, 0.15) is 16.4 Å². The van der Waals surface area contributed by atoms with Gasteiger partial charge in [-0.15, -0.1) is 0 Å². The minimum Gasteiger partial charge on any atom is -0.326 e. The normalized spacial score (nSPS) is 19.8. The number of rotatable bonds is 3. The number of benzene rings is 2. The Balaban J connectivity index is 2.25. The third-order valence-corrected chi connectivity index (χ3v) is 7.94. The highest BCUT2D eigenvalue weighted by Crippen LogP contribution is 2.42. The smallest absolute Gasteiger partial charge is 0.186 e. The van der Waals surface area contributed by atoms with E-state index in [1.54, 1.807) is 30.3 Å². The van der Waals surface area contributed by atoms with Crippen molar-refractivity contribution in [3.8, 4) is 0 Å². The minimum absolute atomic E-state index is 0.0833. The van der Waals surface area contributed by atoms with Crippen LogP contribution < -0.4 is 5.73 Å². The maximum atomic E-state index is 12.8. The Morgan fingerprint density at radius 3 is 2.36 bits per heavy atom. The summed E-state index contributed by atoms with van der Waals surface area (Å²) in [6.07, 6.45) is 0. The lowest BCUT2D eigenvalue weighted by Crippen LogP contribution is -2.17. The molecule has 2 N–H and O–H groups in total. The molecule has 0 radical (unpaired) electrons. The van der Waals surface area contributed by atoms with Crippen LogP contribution in [0.5, 0.6) is 0 Å². The van der Waals surface area contributed by atoms with Crippen LogP contribution in [0.2, 0.25) is 0 Å². The van der Waals surface area contributed by atoms with Crippen LogP contribution in [0, 0.1) is 0 Å². The molecule has 1 heterocycles. The highest BCUT2D eigenvalue weighted by molar-refractivity contribution is 7.96. The molecule has 1 aliphatic heterocycles. The van der Waals surface area contributed by atoms with Crippen molar-refractivity contribution < 1.29 is 16.8 Å². The SMILES string of the molecule is NCc1cccc2c1C(S(=O)(=O)c1ccccc1)CS2(=O)=O. The van der Waals surface area contributed by atoms with Gasteiger partial charge < -0.3 is 5.73 Å². The van der Waals surface area contributed by atoms with Crippen LogP contribution in [-0.2, 0) is 26.2 Å². The second kappa shape index (κ2) is 5.19. The molecule has 1 unspecified atom stereocenters. The fourth-order valence-corrected chi connectivity index (χ4v) is 7.22. The summed E-state index contributed by atoms with van der Waals surface area (Å²) in [7, 11) is -7.40. The third kappa shape index (κ3) is 2.25. The number of hydrogen-bond donors (Lipinski definition) is 1. The Morgan fingerprint density at radius 1 is 1.05 bits per heavy atom. The van der Waals surface area contributed by atoms with Gasteiger partial charge in [0.2, 0.25) is 0 Å². The standard InChI is InChI=1S/C15H15NO4S2/c16-9-11-5-4-8-13-15(11)14(10-21(13,17)18)22(19,20)12-6-2-1-3-7-12/h1-8,14H,9-10,16H2. The Morgan fingerprint density at radius 2 is 1.73 bits per heavy atom. The van der Waals surface area contributed by atoms with Gasteiger partial charge >= 0.3 is 0 Å². The van der Waals surface area contributed by atoms with Crippen molar-refractivity contribution in [3.05, 3.63) is 59.7 Å². The second-order valence-corrected chi connectivity index (χ2v) is 9.29. The largest absolute Gasteiger partial charge is 0.326 e. The average molecular weight is 337 g/mol. The third-order valence-electron chi connectivity index (χ3n) is 3.85. The quantitative estimate of drug-likeness (QED) is 0.915. The maximum Gasteiger partial charge on any atom is 0.186 e. The van der Waals surface area contributed by atoms with E-state index in [1.807, 2.05) is 0 Å². The molecule has 0 spiro atoms. The van der Waals surface area contributed by atoms with Crippen molar-refractivity contribution in [2.45, 2.75) is 21.6 Å². The molecule has 0 aromatic heterocycles. The van der Waals surface area contributed by atoms with Crippen molar-refractivity contribution in [2.24, 2.45) is 5.73 Å². The lowest BCUT2D eigenvalue weighted by atomic mass is 10.1. The molecule has 0 fully saturated rings. The van der Waals surface area contributed by atoms with Crippen molar-refractivity contribution in [1.29, 1.82) is 0 Å². The van der Waals surface area contributed by atoms with E-state index in [2.05, 4.69) is 0 Å². The molecule has 2 aromatic carbocycles. The summed E-state index contributed by atoms with van der Waals surface area (Å²) in [5, 5.41) is -1.10. The van der Waals surface area contributed by atoms with Crippen molar-refractivity contribution in [2.75, 3.05) is 5.75 Å². The first kappa shape index (κ1) is 15.2. The molecule has 3 rings (SSSR count). The van der Waals surface area contributed by atoms with E-state index in [1.165, 1.54) is 18.2 Å². The van der Waals surface area contributed by atoms with Gasteiger partial charge in [0.25, 0.3) is 0 Å². The summed E-state index contributed by atoms with van der Waals surface area (Å²) in [5.41, 5.74) is 6.55. The van der Waals surface area contributed by atoms with Crippen LogP contribution in [0.4, 0.5) is 0 Å². The number of hydrogen-bond acceptors (Lipinski definition) is 5. The highest BCUT2D eigenvalue weighted by atomic mass is 32.2. The van der Waals surface area contributed by atoms with Crippen LogP contribution in [0.25, 0.3) is 0 Å². The molecule has 0 bridgehead atoms. The summed E-state index contributed by atoms with van der Waals surface area (Å²) in [6.45, 7) is 0.0967. The van der Waals surface area contributed by atoms with E-state index in [4.69, 9.17) is 5.73 Å². The molecule has 0 saturated heterocycles. The zero-order valence-electron chi connectivity index (χ0n) is 11.6. The molecule has 2 aromatic rings. The number of fused-ring (bicyclic) bond motifs is 1. The Labute approximate surface area is 129 Å². The zero-order chi connectivity index (χ0) is 16.0. The summed E-state index contributed by atoms with van der Waals surface area (Å²) in [4.78, 5) is 0.204. The van der Waals surface area contributed by atoms with E-state index in [-0.39, 0.29) is 16.3 Å². The number of sulfone groups is 2. The Kier molecular flexibility index (Phi) is 3.58. The molecule has 1 aliphatic rings. The topological polar surface area (TPSA) is 94.3 Å². The summed E-state index contributed by atoms with van der Waals surface area (Å²) in [5.74, 6) is -0.434. The molecule has 0 amide bonds. The zero-order valence-corrected chi connectivity index (χ0v) is 13.3. The van der Waals surface area contributed by atoms with Crippen molar-refractivity contribution >= 4 is 19.7 Å². The van der Waals surface area contributed by atoms with E-state index >= 15 is 0 Å². The fourth-order valence-electron chi connectivity index (χ4n) is 2.80. The van der Waals surface area contributed by atoms with Gasteiger partial charge in [0.05, 0.1) is 15.5 Å². The van der Waals surface area contributed by atoms with Gasteiger partial charge in [-0.1, -0.05) is 30.3 Å². The van der Waals surface area contributed by atoms with Crippen molar-refractivity contribution in [3.63, 3.8) is 0 Å². The van der Waals surface area contributed by atoms with E-state index in [9.17, 15) is 16.8 Å². The first-order chi connectivity index (χ1) is 10.4. The Hall–Kier alpha value is -1.70. The Bertz CT molecular complexity index is 919. The average Bonchev–Trinajstić information content (AvgIpc) is 2.81. The molecular formula is C15H15NO4S2. The molecule has 0 aliphatic carbocycles. The fraction of sp³-hybridized carbons (Fsp3) is 0.200. The molecule has 22 heavy (non-hydrogen) atoms. The lowest BCUT2D eigenvalue weighted by molar-refractivity contribution is 0.582. The molecule has 116 valence electrons. The lowest BCUT2D eigenvalue weighted by Gasteiger charge is -2.14. The van der Waals surface area contributed by atoms with Gasteiger partial charge in [0.1, 0.15) is 5.25 Å². The van der Waals surface area contributed by atoms with E-state index < -0.39 is 30.7 Å². The molecule has 1 atom stereocenters. The molecule has 5 nitrogen and oxygen atoms in total.